The number of nitrogens with one attached hydrogen (secondary N) is 3. The van der Waals surface area contributed by atoms with Gasteiger partial charge in [0, 0.05) is 28.9 Å². The summed E-state index contributed by atoms with van der Waals surface area (Å²) in [5.41, 5.74) is 3.02. The minimum absolute atomic E-state index is 0.104. The van der Waals surface area contributed by atoms with E-state index in [1.165, 1.54) is 6.07 Å². The van der Waals surface area contributed by atoms with E-state index in [0.717, 1.165) is 22.0 Å². The number of aromatic nitrogens is 1. The number of carbonyl (C=O) groups is 1. The second kappa shape index (κ2) is 8.85. The first-order chi connectivity index (χ1) is 16.4. The van der Waals surface area contributed by atoms with E-state index in [2.05, 4.69) is 15.0 Å². The fourth-order valence-electron chi connectivity index (χ4n) is 3.95. The lowest BCUT2D eigenvalue weighted by Crippen LogP contribution is -2.45. The Morgan fingerprint density at radius 1 is 1.03 bits per heavy atom. The van der Waals surface area contributed by atoms with Crippen molar-refractivity contribution in [2.45, 2.75) is 24.3 Å². The highest BCUT2D eigenvalue weighted by atomic mass is 32.2. The molecule has 0 spiro atoms. The molecule has 2 heterocycles. The molecule has 8 nitrogen and oxygen atoms in total. The molecular formula is C25H23N3O5S. The second-order valence-electron chi connectivity index (χ2n) is 8.11. The standard InChI is InChI=1S/C25H23N3O5S/c1-16-5-4-6-19(11-16)34(30,31)28-22(12-17-14-26-21-8-3-2-7-20(17)21)25(29)27-18-9-10-23-24(13-18)33-15-32-23/h2-11,13-14,22,26,28H,12,15H2,1H3,(H,27,29)/t22-/m1/s1. The Morgan fingerprint density at radius 3 is 2.71 bits per heavy atom. The van der Waals surface area contributed by atoms with E-state index < -0.39 is 22.0 Å². The van der Waals surface area contributed by atoms with E-state index >= 15 is 0 Å². The van der Waals surface area contributed by atoms with E-state index in [1.54, 1.807) is 36.5 Å². The molecule has 3 aromatic carbocycles. The van der Waals surface area contributed by atoms with Gasteiger partial charge in [-0.3, -0.25) is 4.79 Å². The summed E-state index contributed by atoms with van der Waals surface area (Å²) in [7, 11) is -3.95. The number of ether oxygens (including phenoxy) is 2. The van der Waals surface area contributed by atoms with Gasteiger partial charge in [-0.15, -0.1) is 0 Å². The fraction of sp³-hybridized carbons (Fsp3) is 0.160. The molecule has 174 valence electrons. The number of amides is 1. The van der Waals surface area contributed by atoms with Gasteiger partial charge in [0.2, 0.25) is 22.7 Å². The van der Waals surface area contributed by atoms with Crippen LogP contribution in [0.5, 0.6) is 11.5 Å². The predicted octanol–water partition coefficient (Wildman–Crippen LogP) is 3.73. The van der Waals surface area contributed by atoms with Gasteiger partial charge in [-0.05, 0) is 54.8 Å². The molecule has 1 atom stereocenters. The summed E-state index contributed by atoms with van der Waals surface area (Å²) in [5.74, 6) is 0.625. The highest BCUT2D eigenvalue weighted by Gasteiger charge is 2.27. The molecule has 9 heteroatoms. The minimum Gasteiger partial charge on any atom is -0.454 e. The first kappa shape index (κ1) is 22.0. The van der Waals surface area contributed by atoms with Crippen LogP contribution in [0.15, 0.2) is 77.8 Å². The van der Waals surface area contributed by atoms with Crippen molar-refractivity contribution >= 4 is 32.5 Å². The molecule has 0 fully saturated rings. The largest absolute Gasteiger partial charge is 0.454 e. The Hall–Kier alpha value is -3.82. The van der Waals surface area contributed by atoms with Crippen LogP contribution in [0.25, 0.3) is 10.9 Å². The maximum Gasteiger partial charge on any atom is 0.242 e. The number of anilines is 1. The summed E-state index contributed by atoms with van der Waals surface area (Å²) in [6, 6.07) is 18.2. The molecule has 0 radical (unpaired) electrons. The number of rotatable bonds is 7. The average molecular weight is 478 g/mol. The molecule has 0 saturated carbocycles. The number of fused-ring (bicyclic) bond motifs is 2. The minimum atomic E-state index is -3.95. The lowest BCUT2D eigenvalue weighted by molar-refractivity contribution is -0.117. The number of sulfonamides is 1. The van der Waals surface area contributed by atoms with Gasteiger partial charge in [-0.25, -0.2) is 8.42 Å². The van der Waals surface area contributed by atoms with Crippen molar-refractivity contribution in [2.24, 2.45) is 0 Å². The third kappa shape index (κ3) is 4.48. The van der Waals surface area contributed by atoms with Gasteiger partial charge < -0.3 is 19.8 Å². The van der Waals surface area contributed by atoms with Crippen molar-refractivity contribution in [1.82, 2.24) is 9.71 Å². The van der Waals surface area contributed by atoms with Crippen molar-refractivity contribution in [3.63, 3.8) is 0 Å². The SMILES string of the molecule is Cc1cccc(S(=O)(=O)N[C@H](Cc2c[nH]c3ccccc23)C(=O)Nc2ccc3c(c2)OCO3)c1. The molecule has 1 aliphatic rings. The van der Waals surface area contributed by atoms with E-state index in [4.69, 9.17) is 9.47 Å². The van der Waals surface area contributed by atoms with Crippen LogP contribution in [-0.4, -0.2) is 32.1 Å². The molecule has 5 rings (SSSR count). The van der Waals surface area contributed by atoms with Crippen LogP contribution in [-0.2, 0) is 21.2 Å². The predicted molar refractivity (Wildman–Crippen MR) is 128 cm³/mol. The zero-order chi connectivity index (χ0) is 23.7. The van der Waals surface area contributed by atoms with Crippen molar-refractivity contribution in [3.8, 4) is 11.5 Å². The van der Waals surface area contributed by atoms with Crippen LogP contribution < -0.4 is 19.5 Å². The monoisotopic (exact) mass is 477 g/mol. The first-order valence-corrected chi connectivity index (χ1v) is 12.2. The number of benzene rings is 3. The Balaban J connectivity index is 1.45. The van der Waals surface area contributed by atoms with Crippen LogP contribution in [0, 0.1) is 6.92 Å². The van der Waals surface area contributed by atoms with Gasteiger partial charge in [-0.2, -0.15) is 4.72 Å². The Kier molecular flexibility index (Phi) is 5.72. The summed E-state index contributed by atoms with van der Waals surface area (Å²) < 4.78 is 39.6. The number of H-pyrrole nitrogens is 1. The molecule has 0 bridgehead atoms. The quantitative estimate of drug-likeness (QED) is 0.376. The molecule has 1 aliphatic heterocycles. The van der Waals surface area contributed by atoms with Crippen LogP contribution in [0.4, 0.5) is 5.69 Å². The highest BCUT2D eigenvalue weighted by molar-refractivity contribution is 7.89. The smallest absolute Gasteiger partial charge is 0.242 e. The molecule has 34 heavy (non-hydrogen) atoms. The van der Waals surface area contributed by atoms with E-state index in [-0.39, 0.29) is 18.1 Å². The van der Waals surface area contributed by atoms with Crippen LogP contribution in [0.1, 0.15) is 11.1 Å². The summed E-state index contributed by atoms with van der Waals surface area (Å²) in [6.45, 7) is 1.93. The third-order valence-corrected chi connectivity index (χ3v) is 7.12. The number of aryl methyl sites for hydroxylation is 1. The summed E-state index contributed by atoms with van der Waals surface area (Å²) >= 11 is 0. The zero-order valence-corrected chi connectivity index (χ0v) is 19.2. The van der Waals surface area contributed by atoms with E-state index in [9.17, 15) is 13.2 Å². The van der Waals surface area contributed by atoms with Crippen molar-refractivity contribution in [1.29, 1.82) is 0 Å². The number of para-hydroxylation sites is 1. The van der Waals surface area contributed by atoms with Gasteiger partial charge >= 0.3 is 0 Å². The second-order valence-corrected chi connectivity index (χ2v) is 9.83. The summed E-state index contributed by atoms with van der Waals surface area (Å²) in [6.07, 6.45) is 1.96. The van der Waals surface area contributed by atoms with Crippen LogP contribution in [0.3, 0.4) is 0 Å². The maximum absolute atomic E-state index is 13.3. The summed E-state index contributed by atoms with van der Waals surface area (Å²) in [5, 5.41) is 3.73. The maximum atomic E-state index is 13.3. The number of carbonyl (C=O) groups excluding carboxylic acids is 1. The van der Waals surface area contributed by atoms with Gasteiger partial charge in [-0.1, -0.05) is 30.3 Å². The van der Waals surface area contributed by atoms with Gasteiger partial charge in [0.25, 0.3) is 0 Å². The molecule has 3 N–H and O–H groups in total. The van der Waals surface area contributed by atoms with Crippen molar-refractivity contribution in [3.05, 3.63) is 84.1 Å². The van der Waals surface area contributed by atoms with Gasteiger partial charge in [0.05, 0.1) is 4.90 Å². The lowest BCUT2D eigenvalue weighted by Gasteiger charge is -2.19. The Labute approximate surface area is 197 Å². The Morgan fingerprint density at radius 2 is 1.85 bits per heavy atom. The molecule has 4 aromatic rings. The lowest BCUT2D eigenvalue weighted by atomic mass is 10.0. The molecule has 0 unspecified atom stereocenters. The zero-order valence-electron chi connectivity index (χ0n) is 18.4. The van der Waals surface area contributed by atoms with E-state index in [1.807, 2.05) is 37.3 Å². The number of hydrogen-bond acceptors (Lipinski definition) is 5. The molecule has 0 saturated heterocycles. The Bertz CT molecular complexity index is 1480. The number of aromatic amines is 1. The average Bonchev–Trinajstić information content (AvgIpc) is 3.45. The molecule has 1 aromatic heterocycles. The first-order valence-electron chi connectivity index (χ1n) is 10.7. The van der Waals surface area contributed by atoms with Gasteiger partial charge in [0.1, 0.15) is 6.04 Å². The summed E-state index contributed by atoms with van der Waals surface area (Å²) in [4.78, 5) is 16.6. The number of hydrogen-bond donors (Lipinski definition) is 3. The van der Waals surface area contributed by atoms with Gasteiger partial charge in [0.15, 0.2) is 11.5 Å². The van der Waals surface area contributed by atoms with Crippen molar-refractivity contribution in [2.75, 3.05) is 12.1 Å². The molecule has 1 amide bonds. The molecule has 0 aliphatic carbocycles. The highest BCUT2D eigenvalue weighted by Crippen LogP contribution is 2.34. The van der Waals surface area contributed by atoms with Crippen LogP contribution >= 0.6 is 0 Å². The van der Waals surface area contributed by atoms with E-state index in [0.29, 0.717) is 17.2 Å². The van der Waals surface area contributed by atoms with Crippen LogP contribution in [0.2, 0.25) is 0 Å². The van der Waals surface area contributed by atoms with Crippen molar-refractivity contribution < 1.29 is 22.7 Å². The fourth-order valence-corrected chi connectivity index (χ4v) is 5.25. The molecular weight excluding hydrogens is 454 g/mol. The third-order valence-electron chi connectivity index (χ3n) is 5.65. The topological polar surface area (TPSA) is 110 Å². The normalized spacial score (nSPS) is 13.7.